The standard InChI is InChI=1S/C24H16N6O2/c25-22(32)17-10-19(31)30-24(28-17)21-13-5-2-1-4-12(13)20-14(21)6-3-7-15(20)23-27-16-8-9-26-11-18(16)29-23/h1-11,21H,(H2,25,32)(H,27,29)(H,28,30,31). The van der Waals surface area contributed by atoms with Crippen LogP contribution in [0, 0.1) is 0 Å². The number of benzene rings is 2. The number of primary amides is 1. The van der Waals surface area contributed by atoms with E-state index in [2.05, 4.69) is 19.9 Å². The van der Waals surface area contributed by atoms with Crippen molar-refractivity contribution in [2.45, 2.75) is 5.92 Å². The van der Waals surface area contributed by atoms with Crippen molar-refractivity contribution in [2.75, 3.05) is 0 Å². The van der Waals surface area contributed by atoms with Crippen LogP contribution in [0.5, 0.6) is 0 Å². The van der Waals surface area contributed by atoms with E-state index in [1.165, 1.54) is 0 Å². The summed E-state index contributed by atoms with van der Waals surface area (Å²) >= 11 is 0. The minimum Gasteiger partial charge on any atom is -0.364 e. The van der Waals surface area contributed by atoms with Gasteiger partial charge < -0.3 is 15.7 Å². The van der Waals surface area contributed by atoms with Crippen LogP contribution in [-0.2, 0) is 0 Å². The molecule has 0 bridgehead atoms. The predicted molar refractivity (Wildman–Crippen MR) is 119 cm³/mol. The van der Waals surface area contributed by atoms with Gasteiger partial charge in [-0.15, -0.1) is 0 Å². The summed E-state index contributed by atoms with van der Waals surface area (Å²) in [6.07, 6.45) is 3.46. The molecule has 0 saturated carbocycles. The number of fused-ring (bicyclic) bond motifs is 4. The van der Waals surface area contributed by atoms with Crippen LogP contribution in [0.25, 0.3) is 33.5 Å². The van der Waals surface area contributed by atoms with Crippen LogP contribution >= 0.6 is 0 Å². The first kappa shape index (κ1) is 18.2. The lowest BCUT2D eigenvalue weighted by Gasteiger charge is -2.14. The zero-order chi connectivity index (χ0) is 21.8. The number of nitrogens with zero attached hydrogens (tertiary/aromatic N) is 3. The van der Waals surface area contributed by atoms with E-state index in [0.29, 0.717) is 5.82 Å². The number of imidazole rings is 1. The van der Waals surface area contributed by atoms with Crippen molar-refractivity contribution >= 4 is 16.9 Å². The monoisotopic (exact) mass is 420 g/mol. The Balaban J connectivity index is 1.62. The number of carbonyl (C=O) groups is 1. The van der Waals surface area contributed by atoms with Crippen LogP contribution in [0.3, 0.4) is 0 Å². The first-order chi connectivity index (χ1) is 15.6. The van der Waals surface area contributed by atoms with Crippen molar-refractivity contribution in [3.63, 3.8) is 0 Å². The maximum atomic E-state index is 12.3. The fourth-order valence-corrected chi connectivity index (χ4v) is 4.47. The molecule has 0 radical (unpaired) electrons. The molecule has 32 heavy (non-hydrogen) atoms. The first-order valence-electron chi connectivity index (χ1n) is 10.0. The Kier molecular flexibility index (Phi) is 3.82. The SMILES string of the molecule is NC(=O)c1cc(=O)[nH]c(C2c3ccccc3-c3c(-c4nc5ccncc5[nH]4)cccc32)n1. The third-order valence-electron chi connectivity index (χ3n) is 5.77. The molecule has 3 aromatic heterocycles. The second-order valence-electron chi connectivity index (χ2n) is 7.65. The average molecular weight is 420 g/mol. The molecule has 0 fully saturated rings. The van der Waals surface area contributed by atoms with Gasteiger partial charge in [0.05, 0.1) is 23.1 Å². The van der Waals surface area contributed by atoms with E-state index in [0.717, 1.165) is 50.7 Å². The van der Waals surface area contributed by atoms with Crippen molar-refractivity contribution in [1.82, 2.24) is 24.9 Å². The summed E-state index contributed by atoms with van der Waals surface area (Å²) in [6, 6.07) is 16.9. The molecule has 3 heterocycles. The van der Waals surface area contributed by atoms with Crippen LogP contribution in [-0.4, -0.2) is 30.8 Å². The van der Waals surface area contributed by atoms with Crippen LogP contribution < -0.4 is 11.3 Å². The number of amides is 1. The second kappa shape index (κ2) is 6.71. The summed E-state index contributed by atoms with van der Waals surface area (Å²) in [7, 11) is 0. The summed E-state index contributed by atoms with van der Waals surface area (Å²) in [5.41, 5.74) is 11.5. The Bertz CT molecular complexity index is 1570. The lowest BCUT2D eigenvalue weighted by molar-refractivity contribution is 0.0995. The van der Waals surface area contributed by atoms with Gasteiger partial charge in [0, 0.05) is 17.8 Å². The second-order valence-corrected chi connectivity index (χ2v) is 7.65. The number of carbonyl (C=O) groups excluding carboxylic acids is 1. The lowest BCUT2D eigenvalue weighted by atomic mass is 9.94. The quantitative estimate of drug-likeness (QED) is 0.405. The molecule has 1 unspecified atom stereocenters. The molecular weight excluding hydrogens is 404 g/mol. The normalized spacial score (nSPS) is 14.3. The molecule has 8 nitrogen and oxygen atoms in total. The Hall–Kier alpha value is -4.59. The molecule has 2 aromatic carbocycles. The van der Waals surface area contributed by atoms with Gasteiger partial charge in [-0.3, -0.25) is 14.6 Å². The Morgan fingerprint density at radius 3 is 2.59 bits per heavy atom. The molecule has 4 N–H and O–H groups in total. The van der Waals surface area contributed by atoms with Crippen LogP contribution in [0.2, 0.25) is 0 Å². The van der Waals surface area contributed by atoms with Gasteiger partial charge in [0.1, 0.15) is 17.3 Å². The van der Waals surface area contributed by atoms with Gasteiger partial charge in [-0.05, 0) is 28.3 Å². The Morgan fingerprint density at radius 2 is 1.75 bits per heavy atom. The fraction of sp³-hybridized carbons (Fsp3) is 0.0417. The molecule has 1 aliphatic carbocycles. The minimum absolute atomic E-state index is 0.0596. The van der Waals surface area contributed by atoms with Gasteiger partial charge >= 0.3 is 0 Å². The highest BCUT2D eigenvalue weighted by molar-refractivity contribution is 5.93. The fourth-order valence-electron chi connectivity index (χ4n) is 4.47. The number of nitrogens with two attached hydrogens (primary N) is 1. The van der Waals surface area contributed by atoms with E-state index in [-0.39, 0.29) is 11.6 Å². The summed E-state index contributed by atoms with van der Waals surface area (Å²) in [5, 5.41) is 0. The maximum Gasteiger partial charge on any atom is 0.267 e. The number of hydrogen-bond donors (Lipinski definition) is 3. The molecule has 6 rings (SSSR count). The molecule has 1 amide bonds. The van der Waals surface area contributed by atoms with Crippen molar-refractivity contribution < 1.29 is 4.79 Å². The zero-order valence-electron chi connectivity index (χ0n) is 16.7. The largest absolute Gasteiger partial charge is 0.364 e. The minimum atomic E-state index is -0.742. The number of aromatic nitrogens is 5. The van der Waals surface area contributed by atoms with Crippen LogP contribution in [0.1, 0.15) is 33.4 Å². The molecule has 154 valence electrons. The number of rotatable bonds is 3. The van der Waals surface area contributed by atoms with E-state index in [1.54, 1.807) is 12.4 Å². The van der Waals surface area contributed by atoms with E-state index in [4.69, 9.17) is 10.7 Å². The van der Waals surface area contributed by atoms with Gasteiger partial charge in [0.25, 0.3) is 11.5 Å². The van der Waals surface area contributed by atoms with E-state index < -0.39 is 11.5 Å². The summed E-state index contributed by atoms with van der Waals surface area (Å²) in [5.74, 6) is 0.0174. The molecule has 8 heteroatoms. The van der Waals surface area contributed by atoms with Gasteiger partial charge in [-0.25, -0.2) is 9.97 Å². The number of H-pyrrole nitrogens is 2. The Morgan fingerprint density at radius 1 is 0.938 bits per heavy atom. The third kappa shape index (κ3) is 2.66. The molecule has 1 atom stereocenters. The summed E-state index contributed by atoms with van der Waals surface area (Å²) in [6.45, 7) is 0. The van der Waals surface area contributed by atoms with Crippen molar-refractivity contribution in [3.8, 4) is 22.5 Å². The molecule has 0 saturated heterocycles. The van der Waals surface area contributed by atoms with Crippen LogP contribution in [0.15, 0.2) is 71.8 Å². The van der Waals surface area contributed by atoms with Crippen LogP contribution in [0.4, 0.5) is 0 Å². The molecule has 1 aliphatic rings. The van der Waals surface area contributed by atoms with Crippen molar-refractivity contribution in [1.29, 1.82) is 0 Å². The van der Waals surface area contributed by atoms with Gasteiger partial charge in [0.15, 0.2) is 0 Å². The third-order valence-corrected chi connectivity index (χ3v) is 5.77. The van der Waals surface area contributed by atoms with Crippen molar-refractivity contribution in [3.05, 3.63) is 100.0 Å². The van der Waals surface area contributed by atoms with E-state index in [9.17, 15) is 9.59 Å². The van der Waals surface area contributed by atoms with E-state index in [1.807, 2.05) is 48.5 Å². The van der Waals surface area contributed by atoms with Gasteiger partial charge in [-0.1, -0.05) is 42.5 Å². The molecule has 5 aromatic rings. The van der Waals surface area contributed by atoms with Gasteiger partial charge in [0.2, 0.25) is 0 Å². The van der Waals surface area contributed by atoms with Crippen molar-refractivity contribution in [2.24, 2.45) is 5.73 Å². The highest BCUT2D eigenvalue weighted by Crippen LogP contribution is 2.50. The number of hydrogen-bond acceptors (Lipinski definition) is 5. The summed E-state index contributed by atoms with van der Waals surface area (Å²) < 4.78 is 0. The molecule has 0 spiro atoms. The topological polar surface area (TPSA) is 130 Å². The maximum absolute atomic E-state index is 12.3. The first-order valence-corrected chi connectivity index (χ1v) is 10.0. The zero-order valence-corrected chi connectivity index (χ0v) is 16.7. The number of nitrogens with one attached hydrogen (secondary N) is 2. The highest BCUT2D eigenvalue weighted by atomic mass is 16.1. The summed E-state index contributed by atoms with van der Waals surface area (Å²) in [4.78, 5) is 43.4. The Labute approximate surface area is 181 Å². The molecule has 0 aliphatic heterocycles. The lowest BCUT2D eigenvalue weighted by Crippen LogP contribution is -2.22. The average Bonchev–Trinajstić information content (AvgIpc) is 3.38. The number of pyridine rings is 1. The molecular formula is C24H16N6O2. The van der Waals surface area contributed by atoms with E-state index >= 15 is 0 Å². The highest BCUT2D eigenvalue weighted by Gasteiger charge is 2.34. The smallest absolute Gasteiger partial charge is 0.267 e. The number of aromatic amines is 2. The van der Waals surface area contributed by atoms with Gasteiger partial charge in [-0.2, -0.15) is 0 Å². The predicted octanol–water partition coefficient (Wildman–Crippen LogP) is 2.97.